The number of ether oxygens (including phenoxy) is 3. The van der Waals surface area contributed by atoms with Gasteiger partial charge in [-0.3, -0.25) is 4.79 Å². The number of fused-ring (bicyclic) bond motifs is 1. The van der Waals surface area contributed by atoms with Crippen LogP contribution in [-0.4, -0.2) is 53.9 Å². The Bertz CT molecular complexity index is 1170. The summed E-state index contributed by atoms with van der Waals surface area (Å²) in [5, 5.41) is 2.86. The Morgan fingerprint density at radius 2 is 2.03 bits per heavy atom. The van der Waals surface area contributed by atoms with Gasteiger partial charge in [-0.1, -0.05) is 6.58 Å². The van der Waals surface area contributed by atoms with Gasteiger partial charge in [-0.15, -0.1) is 0 Å². The molecule has 3 aromatic rings. The fourth-order valence-electron chi connectivity index (χ4n) is 3.93. The third kappa shape index (κ3) is 4.51. The van der Waals surface area contributed by atoms with Gasteiger partial charge in [-0.25, -0.2) is 18.7 Å². The van der Waals surface area contributed by atoms with Gasteiger partial charge in [0.25, 0.3) is 0 Å². The zero-order valence-electron chi connectivity index (χ0n) is 18.3. The third-order valence-electron chi connectivity index (χ3n) is 5.72. The van der Waals surface area contributed by atoms with Crippen molar-refractivity contribution in [1.82, 2.24) is 19.9 Å². The fourth-order valence-corrected chi connectivity index (χ4v) is 3.93. The van der Waals surface area contributed by atoms with Crippen LogP contribution in [0.15, 0.2) is 37.2 Å². The summed E-state index contributed by atoms with van der Waals surface area (Å²) < 4.78 is 46.7. The highest BCUT2D eigenvalue weighted by Gasteiger charge is 2.30. The number of rotatable bonds is 8. The molecular weight excluding hydrogens is 434 g/mol. The first-order chi connectivity index (χ1) is 15.9. The molecule has 1 aliphatic rings. The van der Waals surface area contributed by atoms with Gasteiger partial charge in [-0.05, 0) is 12.1 Å². The number of carbonyl (C=O) groups is 1. The highest BCUT2D eigenvalue weighted by Crippen LogP contribution is 2.32. The molecule has 0 radical (unpaired) electrons. The first kappa shape index (κ1) is 22.7. The molecule has 0 bridgehead atoms. The molecule has 1 amide bonds. The van der Waals surface area contributed by atoms with E-state index in [2.05, 4.69) is 21.9 Å². The number of methoxy groups -OCH3 is 2. The summed E-state index contributed by atoms with van der Waals surface area (Å²) in [7, 11) is 2.62. The van der Waals surface area contributed by atoms with E-state index in [-0.39, 0.29) is 41.5 Å². The predicted molar refractivity (Wildman–Crippen MR) is 116 cm³/mol. The quantitative estimate of drug-likeness (QED) is 0.523. The molecule has 0 saturated carbocycles. The molecule has 4 rings (SSSR count). The van der Waals surface area contributed by atoms with E-state index in [9.17, 15) is 13.6 Å². The number of amides is 1. The molecule has 2 unspecified atom stereocenters. The molecule has 33 heavy (non-hydrogen) atoms. The van der Waals surface area contributed by atoms with Gasteiger partial charge >= 0.3 is 0 Å². The number of nitrogens with one attached hydrogen (secondary N) is 1. The van der Waals surface area contributed by atoms with Crippen molar-refractivity contribution in [2.75, 3.05) is 27.4 Å². The molecule has 8 nitrogen and oxygen atoms in total. The largest absolute Gasteiger partial charge is 0.494 e. The number of hydrogen-bond donors (Lipinski definition) is 1. The van der Waals surface area contributed by atoms with Gasteiger partial charge in [0.2, 0.25) is 5.91 Å². The van der Waals surface area contributed by atoms with Crippen molar-refractivity contribution in [1.29, 1.82) is 0 Å². The Balaban J connectivity index is 1.57. The minimum atomic E-state index is -0.788. The summed E-state index contributed by atoms with van der Waals surface area (Å²) in [4.78, 5) is 20.7. The minimum Gasteiger partial charge on any atom is -0.494 e. The summed E-state index contributed by atoms with van der Waals surface area (Å²) in [5.74, 6) is -1.41. The van der Waals surface area contributed by atoms with E-state index < -0.39 is 11.6 Å². The molecule has 1 fully saturated rings. The zero-order valence-corrected chi connectivity index (χ0v) is 18.3. The third-order valence-corrected chi connectivity index (χ3v) is 5.72. The maximum absolute atomic E-state index is 14.8. The summed E-state index contributed by atoms with van der Waals surface area (Å²) >= 11 is 0. The van der Waals surface area contributed by atoms with Crippen LogP contribution in [0.3, 0.4) is 0 Å². The van der Waals surface area contributed by atoms with Crippen LogP contribution in [0, 0.1) is 17.6 Å². The first-order valence-electron chi connectivity index (χ1n) is 10.4. The van der Waals surface area contributed by atoms with Crippen molar-refractivity contribution in [3.8, 4) is 11.5 Å². The molecule has 2 aromatic heterocycles. The highest BCUT2D eigenvalue weighted by molar-refractivity contribution is 5.87. The molecule has 3 heterocycles. The Hall–Kier alpha value is -3.53. The molecule has 0 spiro atoms. The van der Waals surface area contributed by atoms with Crippen LogP contribution in [0.25, 0.3) is 11.0 Å². The second-order valence-electron chi connectivity index (χ2n) is 7.71. The number of benzene rings is 1. The van der Waals surface area contributed by atoms with Gasteiger partial charge in [0.15, 0.2) is 23.1 Å². The van der Waals surface area contributed by atoms with E-state index in [1.54, 1.807) is 23.0 Å². The number of hydrogen-bond acceptors (Lipinski definition) is 6. The Kier molecular flexibility index (Phi) is 6.55. The Morgan fingerprint density at radius 1 is 1.30 bits per heavy atom. The average molecular weight is 458 g/mol. The van der Waals surface area contributed by atoms with Crippen LogP contribution in [-0.2, 0) is 22.5 Å². The van der Waals surface area contributed by atoms with E-state index in [4.69, 9.17) is 14.2 Å². The van der Waals surface area contributed by atoms with Crippen molar-refractivity contribution < 1.29 is 27.8 Å². The number of nitrogens with zero attached hydrogens (tertiary/aromatic N) is 3. The lowest BCUT2D eigenvalue weighted by molar-refractivity contribution is -0.117. The molecule has 1 N–H and O–H groups in total. The lowest BCUT2D eigenvalue weighted by Crippen LogP contribution is -2.39. The van der Waals surface area contributed by atoms with E-state index in [1.165, 1.54) is 26.4 Å². The topological polar surface area (TPSA) is 87.5 Å². The average Bonchev–Trinajstić information content (AvgIpc) is 3.43. The maximum atomic E-state index is 14.8. The summed E-state index contributed by atoms with van der Waals surface area (Å²) in [6.45, 7) is 4.28. The van der Waals surface area contributed by atoms with Gasteiger partial charge < -0.3 is 24.1 Å². The zero-order chi connectivity index (χ0) is 23.5. The Morgan fingerprint density at radius 3 is 2.70 bits per heavy atom. The van der Waals surface area contributed by atoms with Crippen LogP contribution in [0.5, 0.6) is 11.5 Å². The van der Waals surface area contributed by atoms with Crippen molar-refractivity contribution >= 4 is 16.9 Å². The second kappa shape index (κ2) is 9.53. The van der Waals surface area contributed by atoms with Gasteiger partial charge in [0, 0.05) is 24.6 Å². The molecule has 1 aliphatic heterocycles. The number of halogens is 2. The highest BCUT2D eigenvalue weighted by atomic mass is 19.1. The second-order valence-corrected chi connectivity index (χ2v) is 7.71. The van der Waals surface area contributed by atoms with E-state index in [0.717, 1.165) is 0 Å². The van der Waals surface area contributed by atoms with Gasteiger partial charge in [0.1, 0.15) is 5.82 Å². The van der Waals surface area contributed by atoms with Crippen molar-refractivity contribution in [2.24, 2.45) is 5.92 Å². The summed E-state index contributed by atoms with van der Waals surface area (Å²) in [5.41, 5.74) is 1.08. The van der Waals surface area contributed by atoms with Gasteiger partial charge in [0.05, 0.1) is 62.8 Å². The summed E-state index contributed by atoms with van der Waals surface area (Å²) in [6, 6.07) is 2.79. The molecule has 174 valence electrons. The van der Waals surface area contributed by atoms with Crippen LogP contribution in [0.1, 0.15) is 11.4 Å². The standard InChI is InChI=1S/C23H24F2N4O4/c1-4-21(30)28-16-12-33-11-13(16)7-20-26-9-17-15(27-20)5-6-29(17)10-14-22(24)18(31-2)8-19(32-3)23(14)25/h4-6,8-9,13,16H,1,7,10-12H2,2-3H3,(H,28,30). The van der Waals surface area contributed by atoms with Crippen LogP contribution in [0.2, 0.25) is 0 Å². The van der Waals surface area contributed by atoms with Crippen LogP contribution >= 0.6 is 0 Å². The van der Waals surface area contributed by atoms with Crippen molar-refractivity contribution in [3.05, 3.63) is 60.2 Å². The van der Waals surface area contributed by atoms with Crippen molar-refractivity contribution in [3.63, 3.8) is 0 Å². The molecular formula is C23H24F2N4O4. The predicted octanol–water partition coefficient (Wildman–Crippen LogP) is 2.63. The lowest BCUT2D eigenvalue weighted by Gasteiger charge is -2.17. The normalized spacial score (nSPS) is 17.8. The fraction of sp³-hybridized carbons (Fsp3) is 0.348. The first-order valence-corrected chi connectivity index (χ1v) is 10.4. The molecule has 10 heteroatoms. The number of carbonyl (C=O) groups excluding carboxylic acids is 1. The minimum absolute atomic E-state index is 0.0286. The molecule has 0 aliphatic carbocycles. The molecule has 1 saturated heterocycles. The van der Waals surface area contributed by atoms with Crippen LogP contribution < -0.4 is 14.8 Å². The van der Waals surface area contributed by atoms with E-state index in [0.29, 0.717) is 36.5 Å². The molecule has 2 atom stereocenters. The number of aromatic nitrogens is 3. The van der Waals surface area contributed by atoms with Crippen molar-refractivity contribution in [2.45, 2.75) is 19.0 Å². The van der Waals surface area contributed by atoms with Gasteiger partial charge in [-0.2, -0.15) is 0 Å². The Labute approximate surface area is 189 Å². The maximum Gasteiger partial charge on any atom is 0.243 e. The smallest absolute Gasteiger partial charge is 0.243 e. The van der Waals surface area contributed by atoms with Crippen LogP contribution in [0.4, 0.5) is 8.78 Å². The van der Waals surface area contributed by atoms with E-state index in [1.807, 2.05) is 0 Å². The SMILES string of the molecule is C=CC(=O)NC1COCC1Cc1ncc2c(ccn2Cc2c(F)c(OC)cc(OC)c2F)n1. The summed E-state index contributed by atoms with van der Waals surface area (Å²) in [6.07, 6.45) is 5.06. The monoisotopic (exact) mass is 458 g/mol. The molecule has 1 aromatic carbocycles. The van der Waals surface area contributed by atoms with E-state index >= 15 is 0 Å². The lowest BCUT2D eigenvalue weighted by atomic mass is 9.99.